The highest BCUT2D eigenvalue weighted by Gasteiger charge is 1.97. The maximum absolute atomic E-state index is 8.20. The summed E-state index contributed by atoms with van der Waals surface area (Å²) < 4.78 is 0.347. The Morgan fingerprint density at radius 3 is 3.11 bits per heavy atom. The third-order valence-electron chi connectivity index (χ3n) is 0.808. The minimum absolute atomic E-state index is 0.347. The van der Waals surface area contributed by atoms with Crippen molar-refractivity contribution >= 4 is 20.6 Å². The second kappa shape index (κ2) is 2.63. The Morgan fingerprint density at radius 1 is 1.89 bits per heavy atom. The zero-order chi connectivity index (χ0) is 6.69. The van der Waals surface area contributed by atoms with Gasteiger partial charge in [-0.1, -0.05) is 5.16 Å². The number of nitrogens with one attached hydrogen (secondary N) is 1. The smallest absolute Gasteiger partial charge is 0.170 e. The Hall–Kier alpha value is -0.840. The molecule has 48 valence electrons. The van der Waals surface area contributed by atoms with Crippen LogP contribution >= 0.6 is 15.9 Å². The molecule has 1 heterocycles. The molecule has 0 atom stereocenters. The molecule has 0 aliphatic heterocycles. The normalized spacial score (nSPS) is 11.9. The van der Waals surface area contributed by atoms with Crippen molar-refractivity contribution in [3.05, 3.63) is 18.2 Å². The van der Waals surface area contributed by atoms with E-state index in [1.165, 1.54) is 6.33 Å². The van der Waals surface area contributed by atoms with Gasteiger partial charge in [0.2, 0.25) is 0 Å². The van der Waals surface area contributed by atoms with Gasteiger partial charge < -0.3 is 10.2 Å². The summed E-state index contributed by atoms with van der Waals surface area (Å²) in [5.41, 5.74) is 0.650. The number of oxime groups is 1. The summed E-state index contributed by atoms with van der Waals surface area (Å²) in [6.07, 6.45) is 3.05. The molecule has 0 aliphatic rings. The molecule has 0 saturated heterocycles. The van der Waals surface area contributed by atoms with E-state index in [2.05, 4.69) is 31.1 Å². The van der Waals surface area contributed by atoms with Crippen LogP contribution in [0.25, 0.3) is 0 Å². The van der Waals surface area contributed by atoms with Gasteiger partial charge in [0.05, 0.1) is 18.2 Å². The molecule has 1 aromatic rings. The van der Waals surface area contributed by atoms with Gasteiger partial charge in [0.25, 0.3) is 0 Å². The molecule has 4 nitrogen and oxygen atoms in total. The monoisotopic (exact) mass is 189 g/mol. The Labute approximate surface area is 59.7 Å². The first kappa shape index (κ1) is 6.28. The van der Waals surface area contributed by atoms with Gasteiger partial charge in [-0.25, -0.2) is 4.98 Å². The van der Waals surface area contributed by atoms with Crippen molar-refractivity contribution in [2.75, 3.05) is 0 Å². The van der Waals surface area contributed by atoms with Crippen molar-refractivity contribution in [3.8, 4) is 0 Å². The Balaban J connectivity index is 2.90. The zero-order valence-electron chi connectivity index (χ0n) is 4.37. The van der Waals surface area contributed by atoms with Crippen LogP contribution in [0.1, 0.15) is 5.69 Å². The number of nitrogens with zero attached hydrogens (tertiary/aromatic N) is 2. The molecule has 9 heavy (non-hydrogen) atoms. The van der Waals surface area contributed by atoms with E-state index in [0.717, 1.165) is 0 Å². The van der Waals surface area contributed by atoms with Crippen LogP contribution in [0.2, 0.25) is 0 Å². The molecule has 0 fully saturated rings. The van der Waals surface area contributed by atoms with Crippen molar-refractivity contribution in [1.82, 2.24) is 9.97 Å². The molecule has 0 saturated carbocycles. The van der Waals surface area contributed by atoms with E-state index in [0.29, 0.717) is 10.3 Å². The summed E-state index contributed by atoms with van der Waals surface area (Å²) in [6.45, 7) is 0. The van der Waals surface area contributed by atoms with Gasteiger partial charge in [0, 0.05) is 0 Å². The molecule has 0 unspecified atom stereocenters. The lowest BCUT2D eigenvalue weighted by Gasteiger charge is -1.84. The molecule has 0 amide bonds. The van der Waals surface area contributed by atoms with E-state index in [9.17, 15) is 0 Å². The summed E-state index contributed by atoms with van der Waals surface area (Å²) >= 11 is 2.99. The molecule has 2 N–H and O–H groups in total. The predicted molar refractivity (Wildman–Crippen MR) is 35.8 cm³/mol. The molecule has 1 aromatic heterocycles. The van der Waals surface area contributed by atoms with E-state index < -0.39 is 0 Å². The van der Waals surface area contributed by atoms with Crippen LogP contribution < -0.4 is 0 Å². The molecule has 0 aromatic carbocycles. The van der Waals surface area contributed by atoms with E-state index in [1.807, 2.05) is 0 Å². The highest BCUT2D eigenvalue weighted by Crippen LogP contribution is 1.99. The second-order valence-electron chi connectivity index (χ2n) is 1.36. The predicted octanol–water partition coefficient (Wildman–Crippen LogP) is 0.940. The first-order valence-corrected chi connectivity index (χ1v) is 3.00. The van der Waals surface area contributed by atoms with Gasteiger partial charge in [-0.2, -0.15) is 0 Å². The minimum Gasteiger partial charge on any atom is -0.410 e. The number of hydrogen-bond acceptors (Lipinski definition) is 3. The van der Waals surface area contributed by atoms with Crippen molar-refractivity contribution in [2.24, 2.45) is 5.16 Å². The number of halogens is 1. The van der Waals surface area contributed by atoms with Crippen LogP contribution in [-0.2, 0) is 0 Å². The lowest BCUT2D eigenvalue weighted by Crippen LogP contribution is -1.88. The topological polar surface area (TPSA) is 61.3 Å². The van der Waals surface area contributed by atoms with Crippen molar-refractivity contribution in [2.45, 2.75) is 0 Å². The van der Waals surface area contributed by atoms with Gasteiger partial charge in [-0.05, 0) is 15.9 Å². The molecule has 0 bridgehead atoms. The number of imidazole rings is 1. The lowest BCUT2D eigenvalue weighted by molar-refractivity contribution is 0.321. The highest BCUT2D eigenvalue weighted by molar-refractivity contribution is 9.18. The Morgan fingerprint density at radius 2 is 2.67 bits per heavy atom. The number of hydrogen-bond donors (Lipinski definition) is 2. The van der Waals surface area contributed by atoms with Crippen molar-refractivity contribution in [3.63, 3.8) is 0 Å². The lowest BCUT2D eigenvalue weighted by atomic mass is 10.5. The maximum Gasteiger partial charge on any atom is 0.170 e. The van der Waals surface area contributed by atoms with Gasteiger partial charge in [-0.3, -0.25) is 0 Å². The summed E-state index contributed by atoms with van der Waals surface area (Å²) in [6, 6.07) is 0. The van der Waals surface area contributed by atoms with Crippen LogP contribution in [-0.4, -0.2) is 19.8 Å². The average Bonchev–Trinajstić information content (AvgIpc) is 2.37. The SMILES string of the molecule is ON=C(Br)c1cnc[nH]1. The molecule has 0 radical (unpaired) electrons. The summed E-state index contributed by atoms with van der Waals surface area (Å²) in [4.78, 5) is 6.45. The first-order valence-electron chi connectivity index (χ1n) is 2.21. The zero-order valence-corrected chi connectivity index (χ0v) is 5.96. The summed E-state index contributed by atoms with van der Waals surface area (Å²) in [5.74, 6) is 0. The van der Waals surface area contributed by atoms with E-state index >= 15 is 0 Å². The third kappa shape index (κ3) is 1.29. The van der Waals surface area contributed by atoms with E-state index in [4.69, 9.17) is 5.21 Å². The molecule has 0 aliphatic carbocycles. The average molecular weight is 190 g/mol. The summed E-state index contributed by atoms with van der Waals surface area (Å²) in [5, 5.41) is 11.1. The van der Waals surface area contributed by atoms with Crippen LogP contribution in [0.5, 0.6) is 0 Å². The fourth-order valence-electron chi connectivity index (χ4n) is 0.423. The van der Waals surface area contributed by atoms with Crippen LogP contribution in [0.15, 0.2) is 17.7 Å². The van der Waals surface area contributed by atoms with Gasteiger partial charge in [-0.15, -0.1) is 0 Å². The Bertz CT molecular complexity index is 206. The van der Waals surface area contributed by atoms with Crippen LogP contribution in [0.4, 0.5) is 0 Å². The van der Waals surface area contributed by atoms with Gasteiger partial charge >= 0.3 is 0 Å². The Kier molecular flexibility index (Phi) is 1.84. The summed E-state index contributed by atoms with van der Waals surface area (Å²) in [7, 11) is 0. The molecule has 1 rings (SSSR count). The van der Waals surface area contributed by atoms with Gasteiger partial charge in [0.15, 0.2) is 4.62 Å². The third-order valence-corrected chi connectivity index (χ3v) is 1.39. The standard InChI is InChI=1S/C4H4BrN3O/c5-4(8-9)3-1-6-2-7-3/h1-2,9H,(H,6,7). The second-order valence-corrected chi connectivity index (χ2v) is 2.11. The van der Waals surface area contributed by atoms with Crippen LogP contribution in [0, 0.1) is 0 Å². The molecular formula is C4H4BrN3O. The van der Waals surface area contributed by atoms with Gasteiger partial charge in [0.1, 0.15) is 0 Å². The number of H-pyrrole nitrogens is 1. The molecular weight excluding hydrogens is 186 g/mol. The fraction of sp³-hybridized carbons (Fsp3) is 0. The maximum atomic E-state index is 8.20. The van der Waals surface area contributed by atoms with E-state index in [1.54, 1.807) is 6.20 Å². The quantitative estimate of drug-likeness (QED) is 0.393. The van der Waals surface area contributed by atoms with Crippen LogP contribution in [0.3, 0.4) is 0 Å². The number of aromatic amines is 1. The highest BCUT2D eigenvalue weighted by atomic mass is 79.9. The largest absolute Gasteiger partial charge is 0.410 e. The molecule has 5 heteroatoms. The minimum atomic E-state index is 0.347. The number of aromatic nitrogens is 2. The van der Waals surface area contributed by atoms with Crippen molar-refractivity contribution < 1.29 is 5.21 Å². The first-order chi connectivity index (χ1) is 4.34. The molecule has 0 spiro atoms. The van der Waals surface area contributed by atoms with E-state index in [-0.39, 0.29) is 0 Å². The fourth-order valence-corrected chi connectivity index (χ4v) is 0.639. The number of rotatable bonds is 1. The van der Waals surface area contributed by atoms with Crippen molar-refractivity contribution in [1.29, 1.82) is 0 Å².